The third kappa shape index (κ3) is 3.23. The summed E-state index contributed by atoms with van der Waals surface area (Å²) >= 11 is 5.87. The van der Waals surface area contributed by atoms with Gasteiger partial charge in [0.2, 0.25) is 5.91 Å². The maximum atomic E-state index is 11.3. The highest BCUT2D eigenvalue weighted by molar-refractivity contribution is 6.33. The van der Waals surface area contributed by atoms with E-state index in [0.29, 0.717) is 17.1 Å². The Labute approximate surface area is 88.6 Å². The Morgan fingerprint density at radius 2 is 2.14 bits per heavy atom. The first kappa shape index (κ1) is 10.8. The fourth-order valence-corrected chi connectivity index (χ4v) is 1.21. The molecule has 3 heteroatoms. The molecule has 14 heavy (non-hydrogen) atoms. The van der Waals surface area contributed by atoms with Gasteiger partial charge in [0.1, 0.15) is 0 Å². The molecule has 0 atom stereocenters. The van der Waals surface area contributed by atoms with E-state index in [9.17, 15) is 4.79 Å². The Hall–Kier alpha value is -1.28. The summed E-state index contributed by atoms with van der Waals surface area (Å²) < 4.78 is 0. The van der Waals surface area contributed by atoms with E-state index >= 15 is 0 Å². The molecule has 0 heterocycles. The summed E-state index contributed by atoms with van der Waals surface area (Å²) in [6.07, 6.45) is 0.325. The predicted molar refractivity (Wildman–Crippen MR) is 59.5 cm³/mol. The molecule has 0 aromatic heterocycles. The minimum absolute atomic E-state index is 0.0920. The number of rotatable bonds is 3. The highest BCUT2D eigenvalue weighted by Gasteiger charge is 2.04. The van der Waals surface area contributed by atoms with Crippen molar-refractivity contribution in [2.45, 2.75) is 13.3 Å². The van der Waals surface area contributed by atoms with Gasteiger partial charge in [0.15, 0.2) is 0 Å². The second kappa shape index (κ2) is 4.82. The van der Waals surface area contributed by atoms with E-state index in [1.165, 1.54) is 0 Å². The summed E-state index contributed by atoms with van der Waals surface area (Å²) in [6.45, 7) is 5.48. The Morgan fingerprint density at radius 1 is 1.50 bits per heavy atom. The number of hydrogen-bond donors (Lipinski definition) is 1. The van der Waals surface area contributed by atoms with Gasteiger partial charge in [-0.2, -0.15) is 0 Å². The molecule has 1 aromatic carbocycles. The lowest BCUT2D eigenvalue weighted by Gasteiger charge is -2.06. The van der Waals surface area contributed by atoms with E-state index in [-0.39, 0.29) is 5.91 Å². The van der Waals surface area contributed by atoms with E-state index in [4.69, 9.17) is 11.6 Å². The molecule has 0 aliphatic heterocycles. The van der Waals surface area contributed by atoms with Gasteiger partial charge in [-0.15, -0.1) is 0 Å². The van der Waals surface area contributed by atoms with Crippen molar-refractivity contribution in [1.82, 2.24) is 0 Å². The summed E-state index contributed by atoms with van der Waals surface area (Å²) in [5, 5.41) is 3.25. The molecule has 1 amide bonds. The zero-order valence-electron chi connectivity index (χ0n) is 8.01. The van der Waals surface area contributed by atoms with E-state index in [1.54, 1.807) is 12.1 Å². The second-order valence-corrected chi connectivity index (χ2v) is 3.57. The van der Waals surface area contributed by atoms with Crippen LogP contribution in [0.3, 0.4) is 0 Å². The average molecular weight is 210 g/mol. The van der Waals surface area contributed by atoms with E-state index < -0.39 is 0 Å². The summed E-state index contributed by atoms with van der Waals surface area (Å²) in [5.41, 5.74) is 1.47. The highest BCUT2D eigenvalue weighted by Crippen LogP contribution is 2.20. The summed E-state index contributed by atoms with van der Waals surface area (Å²) in [6, 6.07) is 7.13. The van der Waals surface area contributed by atoms with Crippen molar-refractivity contribution in [3.05, 3.63) is 41.4 Å². The number of hydrogen-bond acceptors (Lipinski definition) is 1. The number of halogens is 1. The Kier molecular flexibility index (Phi) is 3.72. The van der Waals surface area contributed by atoms with Crippen LogP contribution in [0.15, 0.2) is 36.4 Å². The standard InChI is InChI=1S/C11H12ClNO/c1-8(2)7-11(14)13-10-6-4-3-5-9(10)12/h3-6H,1,7H2,2H3,(H,13,14). The first-order chi connectivity index (χ1) is 6.59. The van der Waals surface area contributed by atoms with Crippen LogP contribution in [0, 0.1) is 0 Å². The zero-order valence-corrected chi connectivity index (χ0v) is 8.77. The lowest BCUT2D eigenvalue weighted by atomic mass is 10.2. The molecule has 0 spiro atoms. The van der Waals surface area contributed by atoms with Crippen molar-refractivity contribution >= 4 is 23.2 Å². The monoisotopic (exact) mass is 209 g/mol. The van der Waals surface area contributed by atoms with Crippen LogP contribution in [0.5, 0.6) is 0 Å². The van der Waals surface area contributed by atoms with Gasteiger partial charge in [0, 0.05) is 6.42 Å². The predicted octanol–water partition coefficient (Wildman–Crippen LogP) is 3.24. The zero-order chi connectivity index (χ0) is 10.6. The van der Waals surface area contributed by atoms with Gasteiger partial charge in [0.25, 0.3) is 0 Å². The lowest BCUT2D eigenvalue weighted by Crippen LogP contribution is -2.11. The summed E-state index contributed by atoms with van der Waals surface area (Å²) in [7, 11) is 0. The lowest BCUT2D eigenvalue weighted by molar-refractivity contribution is -0.115. The largest absolute Gasteiger partial charge is 0.324 e. The molecule has 1 N–H and O–H groups in total. The smallest absolute Gasteiger partial charge is 0.228 e. The number of para-hydroxylation sites is 1. The number of amides is 1. The maximum Gasteiger partial charge on any atom is 0.228 e. The van der Waals surface area contributed by atoms with Crippen molar-refractivity contribution in [3.63, 3.8) is 0 Å². The first-order valence-corrected chi connectivity index (χ1v) is 4.66. The minimum Gasteiger partial charge on any atom is -0.324 e. The van der Waals surface area contributed by atoms with Crippen LogP contribution in [0.2, 0.25) is 5.02 Å². The van der Waals surface area contributed by atoms with Gasteiger partial charge < -0.3 is 5.32 Å². The molecule has 0 fully saturated rings. The molecular formula is C11H12ClNO. The number of carbonyl (C=O) groups is 1. The van der Waals surface area contributed by atoms with Gasteiger partial charge in [-0.3, -0.25) is 4.79 Å². The van der Waals surface area contributed by atoms with Gasteiger partial charge in [-0.05, 0) is 19.1 Å². The van der Waals surface area contributed by atoms with Crippen molar-refractivity contribution in [1.29, 1.82) is 0 Å². The molecule has 0 unspecified atom stereocenters. The SMILES string of the molecule is C=C(C)CC(=O)Nc1ccccc1Cl. The second-order valence-electron chi connectivity index (χ2n) is 3.16. The molecule has 0 aliphatic rings. The van der Waals surface area contributed by atoms with Crippen LogP contribution >= 0.6 is 11.6 Å². The van der Waals surface area contributed by atoms with Gasteiger partial charge in [-0.1, -0.05) is 35.9 Å². The van der Waals surface area contributed by atoms with Crippen molar-refractivity contribution < 1.29 is 4.79 Å². The van der Waals surface area contributed by atoms with Crippen LogP contribution in [-0.4, -0.2) is 5.91 Å². The van der Waals surface area contributed by atoms with Crippen molar-refractivity contribution in [2.75, 3.05) is 5.32 Å². The number of anilines is 1. The third-order valence-corrected chi connectivity index (χ3v) is 1.94. The van der Waals surface area contributed by atoms with Crippen LogP contribution in [-0.2, 0) is 4.79 Å². The van der Waals surface area contributed by atoms with Gasteiger partial charge in [-0.25, -0.2) is 0 Å². The third-order valence-electron chi connectivity index (χ3n) is 1.61. The summed E-state index contributed by atoms with van der Waals surface area (Å²) in [5.74, 6) is -0.0920. The quantitative estimate of drug-likeness (QED) is 0.761. The van der Waals surface area contributed by atoms with Crippen LogP contribution in [0.4, 0.5) is 5.69 Å². The fourth-order valence-electron chi connectivity index (χ4n) is 1.03. The minimum atomic E-state index is -0.0920. The molecule has 74 valence electrons. The van der Waals surface area contributed by atoms with E-state index in [2.05, 4.69) is 11.9 Å². The molecule has 0 radical (unpaired) electrons. The maximum absolute atomic E-state index is 11.3. The molecule has 0 aliphatic carbocycles. The number of nitrogens with one attached hydrogen (secondary N) is 1. The molecule has 0 saturated carbocycles. The highest BCUT2D eigenvalue weighted by atomic mass is 35.5. The van der Waals surface area contributed by atoms with Crippen molar-refractivity contribution in [2.24, 2.45) is 0 Å². The van der Waals surface area contributed by atoms with E-state index in [1.807, 2.05) is 19.1 Å². The number of benzene rings is 1. The van der Waals surface area contributed by atoms with E-state index in [0.717, 1.165) is 5.57 Å². The summed E-state index contributed by atoms with van der Waals surface area (Å²) in [4.78, 5) is 11.3. The molecule has 0 saturated heterocycles. The molecule has 1 rings (SSSR count). The fraction of sp³-hybridized carbons (Fsp3) is 0.182. The average Bonchev–Trinajstić information content (AvgIpc) is 2.07. The van der Waals surface area contributed by atoms with Gasteiger partial charge in [0.05, 0.1) is 10.7 Å². The number of carbonyl (C=O) groups excluding carboxylic acids is 1. The molecule has 1 aromatic rings. The normalized spacial score (nSPS) is 9.57. The van der Waals surface area contributed by atoms with Crippen LogP contribution in [0.25, 0.3) is 0 Å². The Balaban J connectivity index is 2.65. The molecular weight excluding hydrogens is 198 g/mol. The topological polar surface area (TPSA) is 29.1 Å². The first-order valence-electron chi connectivity index (χ1n) is 4.28. The Morgan fingerprint density at radius 3 is 2.71 bits per heavy atom. The van der Waals surface area contributed by atoms with Crippen LogP contribution < -0.4 is 5.32 Å². The van der Waals surface area contributed by atoms with Gasteiger partial charge >= 0.3 is 0 Å². The van der Waals surface area contributed by atoms with Crippen molar-refractivity contribution in [3.8, 4) is 0 Å². The Bertz CT molecular complexity index is 360. The van der Waals surface area contributed by atoms with Crippen LogP contribution in [0.1, 0.15) is 13.3 Å². The molecule has 0 bridgehead atoms. The molecule has 2 nitrogen and oxygen atoms in total.